The second-order valence-electron chi connectivity index (χ2n) is 8.35. The fraction of sp³-hybridized carbons (Fsp3) is 0.286. The first kappa shape index (κ1) is 26.9. The first-order chi connectivity index (χ1) is 17.4. The molecule has 2 N–H and O–H groups in total. The van der Waals surface area contributed by atoms with Gasteiger partial charge in [-0.1, -0.05) is 55.8 Å². The van der Waals surface area contributed by atoms with E-state index in [0.29, 0.717) is 53.5 Å². The number of urea groups is 1. The molecule has 0 aliphatic heterocycles. The zero-order valence-electron chi connectivity index (χ0n) is 21.0. The summed E-state index contributed by atoms with van der Waals surface area (Å²) >= 11 is 6.50. The van der Waals surface area contributed by atoms with E-state index in [2.05, 4.69) is 41.8 Å². The highest BCUT2D eigenvalue weighted by Gasteiger charge is 2.13. The number of aryl methyl sites for hydroxylation is 1. The van der Waals surface area contributed by atoms with E-state index < -0.39 is 6.03 Å². The molecule has 0 aromatic heterocycles. The number of nitrogens with zero attached hydrogens (tertiary/aromatic N) is 1. The molecular formula is C28H32ClN3O4. The fourth-order valence-electron chi connectivity index (χ4n) is 3.45. The number of hydrogen-bond acceptors (Lipinski definition) is 5. The zero-order chi connectivity index (χ0) is 25.9. The molecule has 0 saturated carbocycles. The molecule has 0 spiro atoms. The van der Waals surface area contributed by atoms with E-state index in [-0.39, 0.29) is 0 Å². The average Bonchev–Trinajstić information content (AvgIpc) is 2.83. The third-order valence-electron chi connectivity index (χ3n) is 5.12. The van der Waals surface area contributed by atoms with Gasteiger partial charge in [0.2, 0.25) is 0 Å². The molecule has 0 heterocycles. The number of rotatable bonds is 11. The maximum Gasteiger partial charge on any atom is 0.339 e. The summed E-state index contributed by atoms with van der Waals surface area (Å²) in [5.41, 5.74) is 6.04. The van der Waals surface area contributed by atoms with Crippen molar-refractivity contribution in [3.8, 4) is 17.2 Å². The van der Waals surface area contributed by atoms with Crippen molar-refractivity contribution in [2.24, 2.45) is 5.10 Å². The molecule has 0 bridgehead atoms. The molecule has 190 valence electrons. The lowest BCUT2D eigenvalue weighted by Crippen LogP contribution is -2.24. The molecule has 0 unspecified atom stereocenters. The van der Waals surface area contributed by atoms with E-state index in [1.54, 1.807) is 24.3 Å². The van der Waals surface area contributed by atoms with E-state index in [9.17, 15) is 4.79 Å². The Kier molecular flexibility index (Phi) is 10.0. The number of halogens is 1. The Morgan fingerprint density at radius 2 is 1.75 bits per heavy atom. The maximum absolute atomic E-state index is 12.0. The molecular weight excluding hydrogens is 478 g/mol. The summed E-state index contributed by atoms with van der Waals surface area (Å²) in [6.07, 6.45) is 1.48. The molecule has 0 atom stereocenters. The largest absolute Gasteiger partial charge is 0.490 e. The van der Waals surface area contributed by atoms with Gasteiger partial charge in [-0.25, -0.2) is 10.2 Å². The summed E-state index contributed by atoms with van der Waals surface area (Å²) < 4.78 is 17.7. The van der Waals surface area contributed by atoms with Gasteiger partial charge in [-0.15, -0.1) is 0 Å². The normalized spacial score (nSPS) is 10.9. The highest BCUT2D eigenvalue weighted by atomic mass is 35.5. The second kappa shape index (κ2) is 13.4. The Balaban J connectivity index is 1.60. The van der Waals surface area contributed by atoms with Gasteiger partial charge in [0.05, 0.1) is 17.8 Å². The molecule has 36 heavy (non-hydrogen) atoms. The predicted molar refractivity (Wildman–Crippen MR) is 145 cm³/mol. The van der Waals surface area contributed by atoms with Crippen LogP contribution in [0.4, 0.5) is 10.5 Å². The molecule has 3 aromatic carbocycles. The first-order valence-corrected chi connectivity index (χ1v) is 12.2. The van der Waals surface area contributed by atoms with Crippen LogP contribution in [0.1, 0.15) is 43.4 Å². The van der Waals surface area contributed by atoms with Gasteiger partial charge in [0.25, 0.3) is 0 Å². The van der Waals surface area contributed by atoms with Gasteiger partial charge in [0.15, 0.2) is 11.5 Å². The summed E-state index contributed by atoms with van der Waals surface area (Å²) in [6.45, 7) is 9.27. The summed E-state index contributed by atoms with van der Waals surface area (Å²) in [6, 6.07) is 18.3. The number of anilines is 1. The van der Waals surface area contributed by atoms with Crippen LogP contribution in [0.5, 0.6) is 17.2 Å². The van der Waals surface area contributed by atoms with Crippen LogP contribution in [0.2, 0.25) is 5.02 Å². The number of carbonyl (C=O) groups is 1. The van der Waals surface area contributed by atoms with Gasteiger partial charge in [0, 0.05) is 5.69 Å². The highest BCUT2D eigenvalue weighted by molar-refractivity contribution is 6.32. The van der Waals surface area contributed by atoms with Crippen molar-refractivity contribution >= 4 is 29.5 Å². The van der Waals surface area contributed by atoms with Crippen molar-refractivity contribution in [1.82, 2.24) is 5.43 Å². The Morgan fingerprint density at radius 3 is 2.47 bits per heavy atom. The lowest BCUT2D eigenvalue weighted by molar-refractivity contribution is 0.207. The van der Waals surface area contributed by atoms with Crippen molar-refractivity contribution in [2.75, 3.05) is 25.1 Å². The predicted octanol–water partition coefficient (Wildman–Crippen LogP) is 6.78. The van der Waals surface area contributed by atoms with Gasteiger partial charge in [-0.3, -0.25) is 0 Å². The molecule has 3 aromatic rings. The summed E-state index contributed by atoms with van der Waals surface area (Å²) in [5.74, 6) is 2.13. The monoisotopic (exact) mass is 509 g/mol. The second-order valence-corrected chi connectivity index (χ2v) is 8.75. The number of carbonyl (C=O) groups excluding carboxylic acids is 1. The lowest BCUT2D eigenvalue weighted by atomic mass is 10.0. The number of nitrogens with one attached hydrogen (secondary N) is 2. The van der Waals surface area contributed by atoms with E-state index in [1.165, 1.54) is 6.21 Å². The van der Waals surface area contributed by atoms with Crippen molar-refractivity contribution < 1.29 is 19.0 Å². The minimum Gasteiger partial charge on any atom is -0.490 e. The Hall–Kier alpha value is -3.71. The maximum atomic E-state index is 12.0. The topological polar surface area (TPSA) is 81.2 Å². The summed E-state index contributed by atoms with van der Waals surface area (Å²) in [7, 11) is 0. The van der Waals surface area contributed by atoms with E-state index in [0.717, 1.165) is 16.9 Å². The molecule has 7 nitrogen and oxygen atoms in total. The van der Waals surface area contributed by atoms with E-state index >= 15 is 0 Å². The molecule has 8 heteroatoms. The van der Waals surface area contributed by atoms with E-state index in [1.807, 2.05) is 38.1 Å². The highest BCUT2D eigenvalue weighted by Crippen LogP contribution is 2.36. The van der Waals surface area contributed by atoms with Crippen LogP contribution in [0, 0.1) is 6.92 Å². The summed E-state index contributed by atoms with van der Waals surface area (Å²) in [4.78, 5) is 12.0. The van der Waals surface area contributed by atoms with Gasteiger partial charge < -0.3 is 19.5 Å². The molecule has 0 aliphatic rings. The standard InChI is InChI=1S/C28H32ClN3O4/c1-5-34-26-17-21(18-30-32-28(33)31-22-9-7-6-8-10-22)16-24(29)27(26)36-14-13-35-25-15-20(4)11-12-23(25)19(2)3/h6-12,15-19H,5,13-14H2,1-4H3,(H2,31,32,33)/b30-18+. The van der Waals surface area contributed by atoms with Crippen molar-refractivity contribution in [3.63, 3.8) is 0 Å². The number of ether oxygens (including phenoxy) is 3. The molecule has 0 radical (unpaired) electrons. The number of amides is 2. The summed E-state index contributed by atoms with van der Waals surface area (Å²) in [5, 5.41) is 7.04. The minimum atomic E-state index is -0.456. The molecule has 2 amide bonds. The van der Waals surface area contributed by atoms with Crippen LogP contribution in [0.15, 0.2) is 65.8 Å². The minimum absolute atomic E-state index is 0.292. The average molecular weight is 510 g/mol. The van der Waals surface area contributed by atoms with Gasteiger partial charge in [-0.05, 0) is 66.8 Å². The first-order valence-electron chi connectivity index (χ1n) is 11.8. The van der Waals surface area contributed by atoms with Gasteiger partial charge in [0.1, 0.15) is 19.0 Å². The third-order valence-corrected chi connectivity index (χ3v) is 5.40. The Bertz CT molecular complexity index is 1180. The van der Waals surface area contributed by atoms with Crippen LogP contribution >= 0.6 is 11.6 Å². The molecule has 0 fully saturated rings. The van der Waals surface area contributed by atoms with Crippen LogP contribution < -0.4 is 25.0 Å². The molecule has 3 rings (SSSR count). The number of hydrogen-bond donors (Lipinski definition) is 2. The van der Waals surface area contributed by atoms with Crippen molar-refractivity contribution in [3.05, 3.63) is 82.4 Å². The van der Waals surface area contributed by atoms with Crippen LogP contribution in [-0.4, -0.2) is 32.1 Å². The third kappa shape index (κ3) is 7.92. The number of hydrazone groups is 1. The molecule has 0 saturated heterocycles. The van der Waals surface area contributed by atoms with Crippen LogP contribution in [-0.2, 0) is 0 Å². The molecule has 0 aliphatic carbocycles. The van der Waals surface area contributed by atoms with Crippen molar-refractivity contribution in [1.29, 1.82) is 0 Å². The Labute approximate surface area is 217 Å². The van der Waals surface area contributed by atoms with Crippen molar-refractivity contribution in [2.45, 2.75) is 33.6 Å². The number of para-hydroxylation sites is 1. The van der Waals surface area contributed by atoms with Crippen LogP contribution in [0.3, 0.4) is 0 Å². The van der Waals surface area contributed by atoms with E-state index in [4.69, 9.17) is 25.8 Å². The smallest absolute Gasteiger partial charge is 0.339 e. The SMILES string of the molecule is CCOc1cc(/C=N/NC(=O)Nc2ccccc2)cc(Cl)c1OCCOc1cc(C)ccc1C(C)C. The lowest BCUT2D eigenvalue weighted by Gasteiger charge is -2.17. The van der Waals surface area contributed by atoms with Crippen LogP contribution in [0.25, 0.3) is 0 Å². The van der Waals surface area contributed by atoms with Gasteiger partial charge in [-0.2, -0.15) is 5.10 Å². The quantitative estimate of drug-likeness (QED) is 0.169. The Morgan fingerprint density at radius 1 is 1.00 bits per heavy atom. The fourth-order valence-corrected chi connectivity index (χ4v) is 3.72. The number of benzene rings is 3. The zero-order valence-corrected chi connectivity index (χ0v) is 21.8. The van der Waals surface area contributed by atoms with Gasteiger partial charge >= 0.3 is 6.03 Å².